The second-order valence-electron chi connectivity index (χ2n) is 8.52. The lowest BCUT2D eigenvalue weighted by Gasteiger charge is -2.50. The molecule has 0 nitrogen and oxygen atoms in total. The summed E-state index contributed by atoms with van der Waals surface area (Å²) in [5, 5.41) is 1.41. The molecule has 3 aliphatic rings. The van der Waals surface area contributed by atoms with Crippen molar-refractivity contribution in [3.05, 3.63) is 0 Å². The summed E-state index contributed by atoms with van der Waals surface area (Å²) in [6, 6.07) is 0. The van der Waals surface area contributed by atoms with E-state index in [1.807, 2.05) is 0 Å². The highest BCUT2D eigenvalue weighted by molar-refractivity contribution is 8.31. The van der Waals surface area contributed by atoms with Crippen molar-refractivity contribution < 1.29 is 3.89 Å². The van der Waals surface area contributed by atoms with Crippen LogP contribution in [0.4, 0.5) is 3.89 Å². The largest absolute Gasteiger partial charge is 0.189 e. The number of rotatable bonds is 3. The third-order valence-electron chi connectivity index (χ3n) is 6.94. The van der Waals surface area contributed by atoms with Gasteiger partial charge in [-0.2, -0.15) is 3.89 Å². The number of halogens is 1. The van der Waals surface area contributed by atoms with Crippen LogP contribution in [0.3, 0.4) is 0 Å². The van der Waals surface area contributed by atoms with E-state index in [0.29, 0.717) is 15.7 Å². The van der Waals surface area contributed by atoms with Crippen molar-refractivity contribution >= 4 is 10.4 Å². The minimum absolute atomic E-state index is 0.469. The molecule has 0 heterocycles. The molecular formula is C21H39FS. The van der Waals surface area contributed by atoms with Crippen LogP contribution in [0.2, 0.25) is 0 Å². The Balaban J connectivity index is 1.82. The van der Waals surface area contributed by atoms with E-state index in [0.717, 1.165) is 0 Å². The maximum Gasteiger partial charge on any atom is 0.0155 e. The van der Waals surface area contributed by atoms with E-state index in [-0.39, 0.29) is 0 Å². The topological polar surface area (TPSA) is 0 Å². The van der Waals surface area contributed by atoms with Gasteiger partial charge in [0, 0.05) is 15.7 Å². The zero-order valence-electron chi connectivity index (χ0n) is 15.2. The molecule has 0 aliphatic heterocycles. The molecule has 0 spiro atoms. The van der Waals surface area contributed by atoms with E-state index < -0.39 is 10.4 Å². The first-order valence-corrected chi connectivity index (χ1v) is 12.5. The van der Waals surface area contributed by atoms with Gasteiger partial charge in [0.25, 0.3) is 0 Å². The fourth-order valence-electron chi connectivity index (χ4n) is 5.63. The molecule has 3 saturated carbocycles. The summed E-state index contributed by atoms with van der Waals surface area (Å²) < 4.78 is 17.1. The summed E-state index contributed by atoms with van der Waals surface area (Å²) in [6.45, 7) is 0. The normalized spacial score (nSPS) is 28.7. The third kappa shape index (κ3) is 4.47. The Kier molecular flexibility index (Phi) is 7.16. The minimum atomic E-state index is -1.91. The van der Waals surface area contributed by atoms with Crippen molar-refractivity contribution in [2.45, 2.75) is 131 Å². The molecule has 3 fully saturated rings. The SMILES string of the molecule is FS(C1CCCCCC1)(C1CCCCCC1)C1CCCCCC1. The van der Waals surface area contributed by atoms with Gasteiger partial charge >= 0.3 is 0 Å². The maximum atomic E-state index is 17.1. The summed E-state index contributed by atoms with van der Waals surface area (Å²) >= 11 is 0. The Morgan fingerprint density at radius 2 is 0.609 bits per heavy atom. The summed E-state index contributed by atoms with van der Waals surface area (Å²) in [5.74, 6) is 0. The van der Waals surface area contributed by atoms with Crippen LogP contribution in [0.1, 0.15) is 116 Å². The highest BCUT2D eigenvalue weighted by Gasteiger charge is 2.46. The smallest absolute Gasteiger partial charge is 0.0155 e. The first-order valence-electron chi connectivity index (χ1n) is 10.8. The third-order valence-corrected chi connectivity index (χ3v) is 11.4. The van der Waals surface area contributed by atoms with Crippen LogP contribution < -0.4 is 0 Å². The average molecular weight is 343 g/mol. The van der Waals surface area contributed by atoms with Gasteiger partial charge in [0.2, 0.25) is 0 Å². The molecule has 136 valence electrons. The first kappa shape index (κ1) is 18.1. The second-order valence-corrected chi connectivity index (χ2v) is 11.9. The van der Waals surface area contributed by atoms with Gasteiger partial charge in [-0.1, -0.05) is 87.5 Å². The van der Waals surface area contributed by atoms with Gasteiger partial charge in [0.15, 0.2) is 0 Å². The number of hydrogen-bond donors (Lipinski definition) is 0. The van der Waals surface area contributed by atoms with E-state index in [1.165, 1.54) is 116 Å². The maximum absolute atomic E-state index is 17.1. The summed E-state index contributed by atoms with van der Waals surface area (Å²) in [5.41, 5.74) is 0. The fraction of sp³-hybridized carbons (Fsp3) is 1.00. The van der Waals surface area contributed by atoms with Gasteiger partial charge in [0.1, 0.15) is 0 Å². The van der Waals surface area contributed by atoms with Crippen LogP contribution >= 0.6 is 10.4 Å². The van der Waals surface area contributed by atoms with E-state index in [9.17, 15) is 0 Å². The van der Waals surface area contributed by atoms with E-state index in [2.05, 4.69) is 0 Å². The molecule has 0 amide bonds. The Morgan fingerprint density at radius 1 is 0.391 bits per heavy atom. The Bertz CT molecular complexity index is 268. The van der Waals surface area contributed by atoms with Gasteiger partial charge < -0.3 is 0 Å². The van der Waals surface area contributed by atoms with Gasteiger partial charge in [-0.15, -0.1) is 0 Å². The number of hydrogen-bond acceptors (Lipinski definition) is 0. The Hall–Kier alpha value is 0.280. The molecule has 3 rings (SSSR count). The zero-order chi connectivity index (χ0) is 16.0. The van der Waals surface area contributed by atoms with Crippen molar-refractivity contribution in [3.8, 4) is 0 Å². The van der Waals surface area contributed by atoms with Crippen LogP contribution in [0.5, 0.6) is 0 Å². The standard InChI is InChI=1S/C21H39FS/c22-23(19-13-7-1-2-8-14-19,20-15-9-3-4-10-16-20)21-17-11-5-6-12-18-21/h19-21H,1-18H2. The van der Waals surface area contributed by atoms with Crippen LogP contribution in [-0.4, -0.2) is 15.7 Å². The van der Waals surface area contributed by atoms with Crippen LogP contribution in [-0.2, 0) is 0 Å². The van der Waals surface area contributed by atoms with Crippen LogP contribution in [0.25, 0.3) is 0 Å². The molecule has 23 heavy (non-hydrogen) atoms. The predicted octanol–water partition coefficient (Wildman–Crippen LogP) is 7.84. The molecule has 0 radical (unpaired) electrons. The van der Waals surface area contributed by atoms with Gasteiger partial charge in [-0.05, 0) is 38.5 Å². The summed E-state index contributed by atoms with van der Waals surface area (Å²) in [7, 11) is -1.91. The zero-order valence-corrected chi connectivity index (χ0v) is 16.1. The highest BCUT2D eigenvalue weighted by Crippen LogP contribution is 2.69. The molecule has 0 N–H and O–H groups in total. The first-order chi connectivity index (χ1) is 11.3. The molecule has 0 atom stereocenters. The van der Waals surface area contributed by atoms with Crippen molar-refractivity contribution in [2.75, 3.05) is 0 Å². The molecule has 0 aromatic rings. The second kappa shape index (κ2) is 9.11. The van der Waals surface area contributed by atoms with Crippen molar-refractivity contribution in [1.82, 2.24) is 0 Å². The lowest BCUT2D eigenvalue weighted by atomic mass is 10.2. The average Bonchev–Trinajstić information content (AvgIpc) is 3.10. The lowest BCUT2D eigenvalue weighted by molar-refractivity contribution is 0.586. The molecular weight excluding hydrogens is 303 g/mol. The van der Waals surface area contributed by atoms with Crippen molar-refractivity contribution in [1.29, 1.82) is 0 Å². The van der Waals surface area contributed by atoms with Gasteiger partial charge in [-0.3, -0.25) is 0 Å². The highest BCUT2D eigenvalue weighted by atomic mass is 32.3. The van der Waals surface area contributed by atoms with Crippen molar-refractivity contribution in [2.24, 2.45) is 0 Å². The summed E-state index contributed by atoms with van der Waals surface area (Å²) in [6.07, 6.45) is 23.4. The molecule has 0 bridgehead atoms. The van der Waals surface area contributed by atoms with E-state index >= 15 is 3.89 Å². The molecule has 3 aliphatic carbocycles. The van der Waals surface area contributed by atoms with Crippen LogP contribution in [0, 0.1) is 0 Å². The van der Waals surface area contributed by atoms with E-state index in [1.54, 1.807) is 0 Å². The predicted molar refractivity (Wildman–Crippen MR) is 103 cm³/mol. The van der Waals surface area contributed by atoms with Gasteiger partial charge in [0.05, 0.1) is 0 Å². The minimum Gasteiger partial charge on any atom is -0.189 e. The molecule has 0 aromatic heterocycles. The van der Waals surface area contributed by atoms with Crippen molar-refractivity contribution in [3.63, 3.8) is 0 Å². The Labute approximate surface area is 146 Å². The molecule has 0 aromatic carbocycles. The van der Waals surface area contributed by atoms with E-state index in [4.69, 9.17) is 0 Å². The quantitative estimate of drug-likeness (QED) is 0.458. The lowest BCUT2D eigenvalue weighted by Crippen LogP contribution is -2.34. The monoisotopic (exact) mass is 342 g/mol. The molecule has 0 saturated heterocycles. The molecule has 2 heteroatoms. The molecule has 0 unspecified atom stereocenters. The Morgan fingerprint density at radius 3 is 0.826 bits per heavy atom. The summed E-state index contributed by atoms with van der Waals surface area (Å²) in [4.78, 5) is 0. The van der Waals surface area contributed by atoms with Gasteiger partial charge in [-0.25, -0.2) is 0 Å². The fourth-order valence-corrected chi connectivity index (χ4v) is 10.4. The van der Waals surface area contributed by atoms with Crippen LogP contribution in [0.15, 0.2) is 0 Å².